The van der Waals surface area contributed by atoms with E-state index in [-0.39, 0.29) is 16.5 Å². The van der Waals surface area contributed by atoms with Gasteiger partial charge in [-0.25, -0.2) is 18.5 Å². The second-order valence-corrected chi connectivity index (χ2v) is 9.84. The van der Waals surface area contributed by atoms with Gasteiger partial charge in [-0.05, 0) is 33.1 Å². The Morgan fingerprint density at radius 2 is 2.04 bits per heavy atom. The topological polar surface area (TPSA) is 111 Å². The van der Waals surface area contributed by atoms with Crippen molar-refractivity contribution in [3.63, 3.8) is 0 Å². The zero-order valence-corrected chi connectivity index (χ0v) is 16.5. The molecule has 2 amide bonds. The average molecular weight is 394 g/mol. The Morgan fingerprint density at radius 1 is 1.44 bits per heavy atom. The molecule has 0 aromatic carbocycles. The maximum atomic E-state index is 13.1. The number of amides is 2. The molecular formula is C15H24FN3O4S2. The fourth-order valence-corrected chi connectivity index (χ4v) is 3.88. The van der Waals surface area contributed by atoms with Gasteiger partial charge in [0.1, 0.15) is 21.7 Å². The number of carbonyl (C=O) groups excluding carboxylic acids is 2. The summed E-state index contributed by atoms with van der Waals surface area (Å²) in [6.45, 7) is 8.77. The lowest BCUT2D eigenvalue weighted by Gasteiger charge is -2.23. The monoisotopic (exact) mass is 393 g/mol. The first-order valence-corrected chi connectivity index (χ1v) is 10.1. The van der Waals surface area contributed by atoms with Gasteiger partial charge in [0.2, 0.25) is 0 Å². The Bertz CT molecular complexity index is 746. The molecule has 10 heteroatoms. The normalized spacial score (nSPS) is 15.4. The number of halogens is 1. The van der Waals surface area contributed by atoms with Crippen LogP contribution in [0.4, 0.5) is 9.18 Å². The van der Waals surface area contributed by atoms with Gasteiger partial charge in [0.05, 0.1) is 0 Å². The summed E-state index contributed by atoms with van der Waals surface area (Å²) in [5.74, 6) is -1.40. The van der Waals surface area contributed by atoms with Gasteiger partial charge >= 0.3 is 6.09 Å². The van der Waals surface area contributed by atoms with Crippen LogP contribution in [0, 0.1) is 11.7 Å². The van der Waals surface area contributed by atoms with Gasteiger partial charge in [-0.3, -0.25) is 4.79 Å². The maximum absolute atomic E-state index is 13.1. The minimum absolute atomic E-state index is 0.0427. The number of hydrogen-bond acceptors (Lipinski definition) is 5. The van der Waals surface area contributed by atoms with Crippen molar-refractivity contribution in [2.24, 2.45) is 15.4 Å². The molecule has 25 heavy (non-hydrogen) atoms. The summed E-state index contributed by atoms with van der Waals surface area (Å²) in [5.41, 5.74) is -0.734. The molecule has 0 aliphatic rings. The molecule has 1 heterocycles. The fraction of sp³-hybridized carbons (Fsp3) is 0.600. The molecule has 0 aliphatic carbocycles. The third-order valence-corrected chi connectivity index (χ3v) is 5.60. The zero-order valence-electron chi connectivity index (χ0n) is 14.9. The number of hydrogen-bond donors (Lipinski definition) is 2. The van der Waals surface area contributed by atoms with Gasteiger partial charge in [0, 0.05) is 11.4 Å². The summed E-state index contributed by atoms with van der Waals surface area (Å²) in [7, 11) is -3.58. The number of nitrogens with two attached hydrogens (primary N) is 1. The predicted octanol–water partition coefficient (Wildman–Crippen LogP) is 3.05. The van der Waals surface area contributed by atoms with Crippen molar-refractivity contribution in [3.8, 4) is 0 Å². The standard InChI is InChI=1S/C15H24FN3O4S2/c1-9(2)6-11(18-14(21)23-15(3,4)5)13(20)19-25(17,22)12-7-10(16)8-24-12/h7-9,11H,6H2,1-5H3,(H,18,21)(H2,17,19,20,22)/t11-,25?/m0/s1. The number of ether oxygens (including phenoxy) is 1. The number of rotatable bonds is 5. The summed E-state index contributed by atoms with van der Waals surface area (Å²) in [5, 5.41) is 9.14. The van der Waals surface area contributed by atoms with Crippen LogP contribution in [0.2, 0.25) is 0 Å². The van der Waals surface area contributed by atoms with Crippen molar-refractivity contribution >= 4 is 33.3 Å². The van der Waals surface area contributed by atoms with Crippen LogP contribution < -0.4 is 10.5 Å². The SMILES string of the molecule is CC(C)C[C@H](NC(=O)OC(C)(C)C)C(=O)N=S(N)(=O)c1cc(F)cs1. The van der Waals surface area contributed by atoms with Crippen LogP contribution in [-0.4, -0.2) is 27.9 Å². The van der Waals surface area contributed by atoms with E-state index in [0.29, 0.717) is 0 Å². The summed E-state index contributed by atoms with van der Waals surface area (Å²) >= 11 is 0.812. The molecule has 0 saturated heterocycles. The van der Waals surface area contributed by atoms with Crippen LogP contribution in [0.25, 0.3) is 0 Å². The Balaban J connectivity index is 3.02. The van der Waals surface area contributed by atoms with Crippen LogP contribution in [0.1, 0.15) is 41.0 Å². The van der Waals surface area contributed by atoms with Crippen molar-refractivity contribution in [1.29, 1.82) is 0 Å². The summed E-state index contributed by atoms with van der Waals surface area (Å²) < 4.78 is 34.1. The van der Waals surface area contributed by atoms with E-state index in [2.05, 4.69) is 9.68 Å². The summed E-state index contributed by atoms with van der Waals surface area (Å²) in [6, 6.07) is -0.0632. The average Bonchev–Trinajstić information content (AvgIpc) is 2.82. The Hall–Kier alpha value is -1.52. The van der Waals surface area contributed by atoms with Gasteiger partial charge in [-0.1, -0.05) is 13.8 Å². The first-order valence-electron chi connectivity index (χ1n) is 7.62. The van der Waals surface area contributed by atoms with Crippen LogP contribution in [0.3, 0.4) is 0 Å². The first-order chi connectivity index (χ1) is 11.3. The van der Waals surface area contributed by atoms with E-state index in [4.69, 9.17) is 9.88 Å². The third kappa shape index (κ3) is 7.49. The number of carbonyl (C=O) groups is 2. The molecule has 0 spiro atoms. The number of nitrogens with one attached hydrogen (secondary N) is 1. The Labute approximate surface area is 151 Å². The fourth-order valence-electron chi connectivity index (χ4n) is 1.83. The Morgan fingerprint density at radius 3 is 2.48 bits per heavy atom. The van der Waals surface area contributed by atoms with Crippen LogP contribution in [0.5, 0.6) is 0 Å². The quantitative estimate of drug-likeness (QED) is 0.801. The van der Waals surface area contributed by atoms with Crippen LogP contribution >= 0.6 is 11.3 Å². The lowest BCUT2D eigenvalue weighted by atomic mass is 10.0. The van der Waals surface area contributed by atoms with E-state index in [1.807, 2.05) is 13.8 Å². The molecule has 0 fully saturated rings. The molecule has 3 N–H and O–H groups in total. The van der Waals surface area contributed by atoms with E-state index < -0.39 is 39.4 Å². The highest BCUT2D eigenvalue weighted by atomic mass is 32.2. The van der Waals surface area contributed by atoms with E-state index >= 15 is 0 Å². The van der Waals surface area contributed by atoms with Gasteiger partial charge in [0.15, 0.2) is 9.92 Å². The van der Waals surface area contributed by atoms with Crippen molar-refractivity contribution in [1.82, 2.24) is 5.32 Å². The Kier molecular flexibility index (Phi) is 7.09. The lowest BCUT2D eigenvalue weighted by molar-refractivity contribution is -0.120. The minimum atomic E-state index is -3.58. The summed E-state index contributed by atoms with van der Waals surface area (Å²) in [6.07, 6.45) is -0.525. The number of alkyl carbamates (subject to hydrolysis) is 1. The molecule has 1 rings (SSSR count). The molecule has 0 bridgehead atoms. The van der Waals surface area contributed by atoms with E-state index in [0.717, 1.165) is 22.8 Å². The van der Waals surface area contributed by atoms with Gasteiger partial charge in [-0.2, -0.15) is 0 Å². The third-order valence-electron chi connectivity index (χ3n) is 2.75. The molecular weight excluding hydrogens is 369 g/mol. The van der Waals surface area contributed by atoms with Gasteiger partial charge < -0.3 is 10.1 Å². The molecule has 1 unspecified atom stereocenters. The first kappa shape index (κ1) is 21.5. The maximum Gasteiger partial charge on any atom is 0.408 e. The van der Waals surface area contributed by atoms with Gasteiger partial charge in [-0.15, -0.1) is 15.7 Å². The van der Waals surface area contributed by atoms with Crippen molar-refractivity contribution < 1.29 is 22.9 Å². The predicted molar refractivity (Wildman–Crippen MR) is 94.9 cm³/mol. The molecule has 1 aromatic rings. The lowest BCUT2D eigenvalue weighted by Crippen LogP contribution is -2.44. The second kappa shape index (κ2) is 8.24. The molecule has 0 radical (unpaired) electrons. The highest BCUT2D eigenvalue weighted by Gasteiger charge is 2.26. The van der Waals surface area contributed by atoms with E-state index in [1.54, 1.807) is 20.8 Å². The van der Waals surface area contributed by atoms with E-state index in [9.17, 15) is 18.2 Å². The van der Waals surface area contributed by atoms with E-state index in [1.165, 1.54) is 0 Å². The van der Waals surface area contributed by atoms with Crippen LogP contribution in [0.15, 0.2) is 20.0 Å². The second-order valence-electron chi connectivity index (χ2n) is 6.91. The zero-order chi connectivity index (χ0) is 19.4. The summed E-state index contributed by atoms with van der Waals surface area (Å²) in [4.78, 5) is 24.3. The molecule has 1 aromatic heterocycles. The number of nitrogens with zero attached hydrogens (tertiary/aromatic N) is 1. The van der Waals surface area contributed by atoms with Crippen molar-refractivity contribution in [2.75, 3.05) is 0 Å². The molecule has 7 nitrogen and oxygen atoms in total. The van der Waals surface area contributed by atoms with Crippen LogP contribution in [-0.2, 0) is 19.4 Å². The molecule has 0 aliphatic heterocycles. The number of thiophene rings is 1. The van der Waals surface area contributed by atoms with Gasteiger partial charge in [0.25, 0.3) is 5.91 Å². The highest BCUT2D eigenvalue weighted by molar-refractivity contribution is 7.93. The highest BCUT2D eigenvalue weighted by Crippen LogP contribution is 2.20. The minimum Gasteiger partial charge on any atom is -0.444 e. The molecule has 0 saturated carbocycles. The van der Waals surface area contributed by atoms with Crippen molar-refractivity contribution in [2.45, 2.75) is 56.9 Å². The molecule has 142 valence electrons. The smallest absolute Gasteiger partial charge is 0.408 e. The largest absolute Gasteiger partial charge is 0.444 e. The molecule has 2 atom stereocenters. The van der Waals surface area contributed by atoms with Crippen molar-refractivity contribution in [3.05, 3.63) is 17.3 Å².